The molecule has 17 heavy (non-hydrogen) atoms. The Kier molecular flexibility index (Phi) is 3.94. The molecular weight excluding hydrogens is 212 g/mol. The summed E-state index contributed by atoms with van der Waals surface area (Å²) in [5, 5.41) is 3.44. The third kappa shape index (κ3) is 3.40. The van der Waals surface area contributed by atoms with Crippen molar-refractivity contribution >= 4 is 5.82 Å². The van der Waals surface area contributed by atoms with E-state index in [1.54, 1.807) is 0 Å². The molecular formula is C13H22N4. The summed E-state index contributed by atoms with van der Waals surface area (Å²) in [6.45, 7) is 8.30. The van der Waals surface area contributed by atoms with Gasteiger partial charge in [0.05, 0.1) is 18.1 Å². The summed E-state index contributed by atoms with van der Waals surface area (Å²) in [4.78, 5) is 11.2. The van der Waals surface area contributed by atoms with Crippen molar-refractivity contribution in [2.75, 3.05) is 11.4 Å². The third-order valence-corrected chi connectivity index (χ3v) is 3.10. The van der Waals surface area contributed by atoms with Crippen molar-refractivity contribution < 1.29 is 0 Å². The lowest BCUT2D eigenvalue weighted by molar-refractivity contribution is 0.664. The lowest BCUT2D eigenvalue weighted by Gasteiger charge is -2.25. The highest BCUT2D eigenvalue weighted by atomic mass is 15.2. The van der Waals surface area contributed by atoms with E-state index in [1.165, 1.54) is 12.8 Å². The van der Waals surface area contributed by atoms with Crippen molar-refractivity contribution in [3.8, 4) is 0 Å². The zero-order valence-electron chi connectivity index (χ0n) is 11.0. The first kappa shape index (κ1) is 12.3. The maximum Gasteiger partial charge on any atom is 0.147 e. The molecule has 1 aromatic heterocycles. The molecule has 0 saturated heterocycles. The number of hydrogen-bond acceptors (Lipinski definition) is 4. The Hall–Kier alpha value is -1.16. The molecule has 1 heterocycles. The Labute approximate surface area is 103 Å². The van der Waals surface area contributed by atoms with Crippen LogP contribution in [0.2, 0.25) is 0 Å². The average Bonchev–Trinajstić information content (AvgIpc) is 3.12. The summed E-state index contributed by atoms with van der Waals surface area (Å²) in [5.41, 5.74) is 1.03. The number of aromatic nitrogens is 2. The highest BCUT2D eigenvalue weighted by Crippen LogP contribution is 2.19. The second-order valence-electron chi connectivity index (χ2n) is 4.90. The maximum absolute atomic E-state index is 4.49. The average molecular weight is 234 g/mol. The van der Waals surface area contributed by atoms with Gasteiger partial charge in [0.1, 0.15) is 5.82 Å². The Balaban J connectivity index is 1.95. The largest absolute Gasteiger partial charge is 0.353 e. The Morgan fingerprint density at radius 2 is 2.12 bits per heavy atom. The lowest BCUT2D eigenvalue weighted by atomic mass is 10.3. The predicted molar refractivity (Wildman–Crippen MR) is 70.0 cm³/mol. The van der Waals surface area contributed by atoms with E-state index >= 15 is 0 Å². The Bertz CT molecular complexity index is 343. The van der Waals surface area contributed by atoms with E-state index in [2.05, 4.69) is 41.0 Å². The van der Waals surface area contributed by atoms with Crippen molar-refractivity contribution in [1.29, 1.82) is 0 Å². The van der Waals surface area contributed by atoms with Crippen LogP contribution < -0.4 is 10.2 Å². The Morgan fingerprint density at radius 1 is 1.35 bits per heavy atom. The standard InChI is InChI=1S/C13H22N4/c1-4-17(10(2)3)13-9-15-12(8-16-13)7-14-11-5-6-11/h8-11,14H,4-7H2,1-3H3. The maximum atomic E-state index is 4.49. The first-order valence-electron chi connectivity index (χ1n) is 6.51. The molecule has 0 spiro atoms. The van der Waals surface area contributed by atoms with Gasteiger partial charge in [-0.2, -0.15) is 0 Å². The molecule has 0 radical (unpaired) electrons. The van der Waals surface area contributed by atoms with Crippen LogP contribution in [0.25, 0.3) is 0 Å². The fraction of sp³-hybridized carbons (Fsp3) is 0.692. The second kappa shape index (κ2) is 5.45. The number of rotatable bonds is 6. The molecule has 0 unspecified atom stereocenters. The monoisotopic (exact) mass is 234 g/mol. The van der Waals surface area contributed by atoms with Crippen LogP contribution in [-0.4, -0.2) is 28.6 Å². The van der Waals surface area contributed by atoms with E-state index in [4.69, 9.17) is 0 Å². The smallest absolute Gasteiger partial charge is 0.147 e. The van der Waals surface area contributed by atoms with Gasteiger partial charge in [-0.05, 0) is 33.6 Å². The number of anilines is 1. The highest BCUT2D eigenvalue weighted by Gasteiger charge is 2.20. The summed E-state index contributed by atoms with van der Waals surface area (Å²) in [6, 6.07) is 1.18. The van der Waals surface area contributed by atoms with E-state index in [1.807, 2.05) is 12.4 Å². The van der Waals surface area contributed by atoms with Gasteiger partial charge < -0.3 is 10.2 Å². The van der Waals surface area contributed by atoms with Gasteiger partial charge in [-0.15, -0.1) is 0 Å². The van der Waals surface area contributed by atoms with E-state index < -0.39 is 0 Å². The minimum atomic E-state index is 0.463. The first-order chi connectivity index (χ1) is 8.20. The van der Waals surface area contributed by atoms with Crippen molar-refractivity contribution in [1.82, 2.24) is 15.3 Å². The summed E-state index contributed by atoms with van der Waals surface area (Å²) >= 11 is 0. The van der Waals surface area contributed by atoms with Crippen LogP contribution >= 0.6 is 0 Å². The molecule has 0 bridgehead atoms. The molecule has 1 aliphatic carbocycles. The van der Waals surface area contributed by atoms with Crippen LogP contribution in [0, 0.1) is 0 Å². The SMILES string of the molecule is CCN(c1cnc(CNC2CC2)cn1)C(C)C. The molecule has 0 aromatic carbocycles. The van der Waals surface area contributed by atoms with Crippen LogP contribution in [0.3, 0.4) is 0 Å². The van der Waals surface area contributed by atoms with Crippen LogP contribution in [0.4, 0.5) is 5.82 Å². The molecule has 4 nitrogen and oxygen atoms in total. The van der Waals surface area contributed by atoms with E-state index in [9.17, 15) is 0 Å². The predicted octanol–water partition coefficient (Wildman–Crippen LogP) is 1.96. The van der Waals surface area contributed by atoms with Crippen LogP contribution in [0.5, 0.6) is 0 Å². The number of hydrogen-bond donors (Lipinski definition) is 1. The third-order valence-electron chi connectivity index (χ3n) is 3.10. The zero-order valence-corrected chi connectivity index (χ0v) is 11.0. The van der Waals surface area contributed by atoms with Crippen molar-refractivity contribution in [2.24, 2.45) is 0 Å². The minimum absolute atomic E-state index is 0.463. The van der Waals surface area contributed by atoms with Gasteiger partial charge in [0.15, 0.2) is 0 Å². The number of nitrogens with zero attached hydrogens (tertiary/aromatic N) is 3. The number of nitrogens with one attached hydrogen (secondary N) is 1. The molecule has 1 aromatic rings. The van der Waals surface area contributed by atoms with Gasteiger partial charge in [0, 0.05) is 25.2 Å². The van der Waals surface area contributed by atoms with Gasteiger partial charge >= 0.3 is 0 Å². The summed E-state index contributed by atoms with van der Waals surface area (Å²) in [7, 11) is 0. The highest BCUT2D eigenvalue weighted by molar-refractivity contribution is 5.36. The summed E-state index contributed by atoms with van der Waals surface area (Å²) in [6.07, 6.45) is 6.38. The molecule has 2 rings (SSSR count). The molecule has 0 aliphatic heterocycles. The molecule has 1 aliphatic rings. The van der Waals surface area contributed by atoms with Gasteiger partial charge in [-0.1, -0.05) is 0 Å². The van der Waals surface area contributed by atoms with Gasteiger partial charge in [-0.3, -0.25) is 4.98 Å². The molecule has 4 heteroatoms. The van der Waals surface area contributed by atoms with E-state index in [-0.39, 0.29) is 0 Å². The Morgan fingerprint density at radius 3 is 2.59 bits per heavy atom. The molecule has 94 valence electrons. The van der Waals surface area contributed by atoms with Crippen LogP contribution in [-0.2, 0) is 6.54 Å². The topological polar surface area (TPSA) is 41.1 Å². The van der Waals surface area contributed by atoms with Crippen molar-refractivity contribution in [3.05, 3.63) is 18.1 Å². The van der Waals surface area contributed by atoms with Gasteiger partial charge in [-0.25, -0.2) is 4.98 Å². The van der Waals surface area contributed by atoms with Gasteiger partial charge in [0.2, 0.25) is 0 Å². The van der Waals surface area contributed by atoms with Crippen molar-refractivity contribution in [2.45, 2.75) is 52.2 Å². The second-order valence-corrected chi connectivity index (χ2v) is 4.90. The zero-order chi connectivity index (χ0) is 12.3. The molecule has 0 atom stereocenters. The van der Waals surface area contributed by atoms with E-state index in [0.29, 0.717) is 6.04 Å². The van der Waals surface area contributed by atoms with Crippen molar-refractivity contribution in [3.63, 3.8) is 0 Å². The quantitative estimate of drug-likeness (QED) is 0.817. The summed E-state index contributed by atoms with van der Waals surface area (Å²) in [5.74, 6) is 0.970. The molecule has 0 amide bonds. The molecule has 1 fully saturated rings. The molecule has 1 saturated carbocycles. The normalized spacial score (nSPS) is 15.3. The first-order valence-corrected chi connectivity index (χ1v) is 6.51. The molecule has 1 N–H and O–H groups in total. The van der Waals surface area contributed by atoms with Gasteiger partial charge in [0.25, 0.3) is 0 Å². The fourth-order valence-corrected chi connectivity index (χ4v) is 1.92. The van der Waals surface area contributed by atoms with E-state index in [0.717, 1.165) is 30.6 Å². The lowest BCUT2D eigenvalue weighted by Crippen LogP contribution is -2.31. The van der Waals surface area contributed by atoms with Crippen LogP contribution in [0.15, 0.2) is 12.4 Å². The fourth-order valence-electron chi connectivity index (χ4n) is 1.92. The summed E-state index contributed by atoms with van der Waals surface area (Å²) < 4.78 is 0. The minimum Gasteiger partial charge on any atom is -0.353 e. The van der Waals surface area contributed by atoms with Crippen LogP contribution in [0.1, 0.15) is 39.3 Å².